The van der Waals surface area contributed by atoms with Gasteiger partial charge in [-0.05, 0) is 50.7 Å². The first-order valence-corrected chi connectivity index (χ1v) is 6.89. The van der Waals surface area contributed by atoms with E-state index in [1.807, 2.05) is 6.92 Å². The molecular weight excluding hydrogens is 238 g/mol. The van der Waals surface area contributed by atoms with Crippen molar-refractivity contribution in [3.05, 3.63) is 35.7 Å². The number of rotatable bonds is 4. The van der Waals surface area contributed by atoms with Crippen LogP contribution in [0.2, 0.25) is 0 Å². The first-order valence-electron chi connectivity index (χ1n) is 6.89. The minimum Gasteiger partial charge on any atom is -0.338 e. The van der Waals surface area contributed by atoms with Crippen LogP contribution in [0.4, 0.5) is 10.5 Å². The summed E-state index contributed by atoms with van der Waals surface area (Å²) in [5.41, 5.74) is 3.25. The van der Waals surface area contributed by atoms with Crippen LogP contribution in [0.3, 0.4) is 0 Å². The Bertz CT molecular complexity index is 468. The number of aryl methyl sites for hydroxylation is 1. The van der Waals surface area contributed by atoms with Crippen LogP contribution in [0.5, 0.6) is 0 Å². The third kappa shape index (κ3) is 4.39. The van der Waals surface area contributed by atoms with E-state index in [9.17, 15) is 4.79 Å². The van der Waals surface area contributed by atoms with Crippen LogP contribution in [0.1, 0.15) is 37.7 Å². The smallest absolute Gasteiger partial charge is 0.319 e. The van der Waals surface area contributed by atoms with Gasteiger partial charge in [0.05, 0.1) is 0 Å². The molecule has 0 aliphatic heterocycles. The molecule has 0 radical (unpaired) electrons. The van der Waals surface area contributed by atoms with Crippen LogP contribution in [0.15, 0.2) is 30.1 Å². The molecule has 1 aliphatic rings. The Hall–Kier alpha value is -1.84. The maximum Gasteiger partial charge on any atom is 0.319 e. The number of allylic oxidation sites excluding steroid dienone is 1. The van der Waals surface area contributed by atoms with Gasteiger partial charge in [-0.1, -0.05) is 11.6 Å². The van der Waals surface area contributed by atoms with E-state index in [-0.39, 0.29) is 6.03 Å². The molecule has 1 aliphatic carbocycles. The summed E-state index contributed by atoms with van der Waals surface area (Å²) in [4.78, 5) is 15.7. The number of anilines is 1. The molecule has 0 aromatic carbocycles. The van der Waals surface area contributed by atoms with Crippen LogP contribution < -0.4 is 10.6 Å². The number of pyridine rings is 1. The molecule has 1 heterocycles. The molecule has 4 nitrogen and oxygen atoms in total. The van der Waals surface area contributed by atoms with Gasteiger partial charge >= 0.3 is 6.03 Å². The highest BCUT2D eigenvalue weighted by atomic mass is 16.2. The summed E-state index contributed by atoms with van der Waals surface area (Å²) in [6, 6.07) is 1.66. The van der Waals surface area contributed by atoms with Gasteiger partial charge in [-0.15, -0.1) is 0 Å². The Morgan fingerprint density at radius 3 is 3.05 bits per heavy atom. The highest BCUT2D eigenvalue weighted by molar-refractivity contribution is 5.89. The average Bonchev–Trinajstić information content (AvgIpc) is 2.43. The zero-order chi connectivity index (χ0) is 13.5. The summed E-state index contributed by atoms with van der Waals surface area (Å²) in [6.45, 7) is 2.62. The van der Waals surface area contributed by atoms with Crippen molar-refractivity contribution in [2.24, 2.45) is 0 Å². The summed E-state index contributed by atoms with van der Waals surface area (Å²) in [5.74, 6) is 0. The second-order valence-electron chi connectivity index (χ2n) is 4.93. The zero-order valence-corrected chi connectivity index (χ0v) is 11.4. The van der Waals surface area contributed by atoms with Crippen molar-refractivity contribution in [1.82, 2.24) is 10.3 Å². The van der Waals surface area contributed by atoms with Gasteiger partial charge in [0, 0.05) is 24.6 Å². The van der Waals surface area contributed by atoms with Gasteiger partial charge in [-0.3, -0.25) is 4.98 Å². The van der Waals surface area contributed by atoms with Gasteiger partial charge in [0.1, 0.15) is 0 Å². The Morgan fingerprint density at radius 1 is 1.42 bits per heavy atom. The molecule has 1 aromatic heterocycles. The third-order valence-electron chi connectivity index (χ3n) is 3.39. The summed E-state index contributed by atoms with van der Waals surface area (Å²) in [6.07, 6.45) is 11.7. The molecule has 2 amide bonds. The van der Waals surface area contributed by atoms with Crippen molar-refractivity contribution >= 4 is 11.7 Å². The van der Waals surface area contributed by atoms with Gasteiger partial charge in [0.15, 0.2) is 0 Å². The van der Waals surface area contributed by atoms with Crippen LogP contribution in [0.25, 0.3) is 0 Å². The number of hydrogen-bond donors (Lipinski definition) is 2. The van der Waals surface area contributed by atoms with Crippen LogP contribution in [-0.4, -0.2) is 17.6 Å². The van der Waals surface area contributed by atoms with E-state index in [4.69, 9.17) is 0 Å². The standard InChI is InChI=1S/C15H21N3O/c1-12-11-16-9-8-14(12)18-15(19)17-10-7-13-5-3-2-4-6-13/h5,8-9,11H,2-4,6-7,10H2,1H3,(H2,16,17,18,19). The molecule has 19 heavy (non-hydrogen) atoms. The number of urea groups is 1. The molecule has 2 rings (SSSR count). The fraction of sp³-hybridized carbons (Fsp3) is 0.467. The molecule has 0 unspecified atom stereocenters. The summed E-state index contributed by atoms with van der Waals surface area (Å²) in [5, 5.41) is 5.73. The lowest BCUT2D eigenvalue weighted by Gasteiger charge is -2.13. The largest absolute Gasteiger partial charge is 0.338 e. The molecule has 0 atom stereocenters. The van der Waals surface area contributed by atoms with E-state index in [2.05, 4.69) is 21.7 Å². The van der Waals surface area contributed by atoms with E-state index in [0.29, 0.717) is 6.54 Å². The van der Waals surface area contributed by atoms with Crippen molar-refractivity contribution in [3.8, 4) is 0 Å². The van der Waals surface area contributed by atoms with Gasteiger partial charge in [-0.25, -0.2) is 4.79 Å². The van der Waals surface area contributed by atoms with Gasteiger partial charge < -0.3 is 10.6 Å². The highest BCUT2D eigenvalue weighted by Crippen LogP contribution is 2.19. The summed E-state index contributed by atoms with van der Waals surface area (Å²) < 4.78 is 0. The molecule has 2 N–H and O–H groups in total. The first kappa shape index (κ1) is 13.6. The fourth-order valence-corrected chi connectivity index (χ4v) is 2.25. The lowest BCUT2D eigenvalue weighted by molar-refractivity contribution is 0.252. The van der Waals surface area contributed by atoms with E-state index in [1.54, 1.807) is 18.5 Å². The van der Waals surface area contributed by atoms with Crippen molar-refractivity contribution in [2.45, 2.75) is 39.0 Å². The second kappa shape index (κ2) is 6.92. The van der Waals surface area contributed by atoms with Gasteiger partial charge in [-0.2, -0.15) is 0 Å². The number of hydrogen-bond acceptors (Lipinski definition) is 2. The lowest BCUT2D eigenvalue weighted by atomic mass is 9.97. The number of amides is 2. The van der Waals surface area contributed by atoms with Crippen molar-refractivity contribution in [1.29, 1.82) is 0 Å². The molecule has 0 spiro atoms. The van der Waals surface area contributed by atoms with E-state index >= 15 is 0 Å². The lowest BCUT2D eigenvalue weighted by Crippen LogP contribution is -2.30. The predicted molar refractivity (Wildman–Crippen MR) is 77.2 cm³/mol. The topological polar surface area (TPSA) is 54.0 Å². The van der Waals surface area contributed by atoms with E-state index in [1.165, 1.54) is 31.3 Å². The van der Waals surface area contributed by atoms with E-state index in [0.717, 1.165) is 17.7 Å². The Kier molecular flexibility index (Phi) is 4.95. The average molecular weight is 259 g/mol. The molecule has 0 fully saturated rings. The Morgan fingerprint density at radius 2 is 2.32 bits per heavy atom. The van der Waals surface area contributed by atoms with Crippen LogP contribution in [0, 0.1) is 6.92 Å². The number of aromatic nitrogens is 1. The predicted octanol–water partition coefficient (Wildman–Crippen LogP) is 3.40. The SMILES string of the molecule is Cc1cnccc1NC(=O)NCCC1=CCCCC1. The summed E-state index contributed by atoms with van der Waals surface area (Å²) in [7, 11) is 0. The quantitative estimate of drug-likeness (QED) is 0.814. The van der Waals surface area contributed by atoms with Gasteiger partial charge in [0.2, 0.25) is 0 Å². The molecule has 102 valence electrons. The zero-order valence-electron chi connectivity index (χ0n) is 11.4. The van der Waals surface area contributed by atoms with Crippen molar-refractivity contribution in [3.63, 3.8) is 0 Å². The first-order chi connectivity index (χ1) is 9.25. The fourth-order valence-electron chi connectivity index (χ4n) is 2.25. The third-order valence-corrected chi connectivity index (χ3v) is 3.39. The molecule has 0 saturated heterocycles. The normalized spacial score (nSPS) is 14.7. The Labute approximate surface area is 114 Å². The number of nitrogens with one attached hydrogen (secondary N) is 2. The molecule has 1 aromatic rings. The van der Waals surface area contributed by atoms with Crippen LogP contribution >= 0.6 is 0 Å². The Balaban J connectivity index is 1.73. The maximum atomic E-state index is 11.7. The van der Waals surface area contributed by atoms with Crippen LogP contribution in [-0.2, 0) is 0 Å². The monoisotopic (exact) mass is 259 g/mol. The number of carbonyl (C=O) groups excluding carboxylic acids is 1. The minimum absolute atomic E-state index is 0.147. The molecule has 4 heteroatoms. The molecule has 0 bridgehead atoms. The number of nitrogens with zero attached hydrogens (tertiary/aromatic N) is 1. The van der Waals surface area contributed by atoms with Crippen molar-refractivity contribution in [2.75, 3.05) is 11.9 Å². The minimum atomic E-state index is -0.147. The summed E-state index contributed by atoms with van der Waals surface area (Å²) >= 11 is 0. The second-order valence-corrected chi connectivity index (χ2v) is 4.93. The molecule has 0 saturated carbocycles. The van der Waals surface area contributed by atoms with Gasteiger partial charge in [0.25, 0.3) is 0 Å². The highest BCUT2D eigenvalue weighted by Gasteiger charge is 2.06. The van der Waals surface area contributed by atoms with E-state index < -0.39 is 0 Å². The molecular formula is C15H21N3O. The van der Waals surface area contributed by atoms with Crippen molar-refractivity contribution < 1.29 is 4.79 Å². The number of carbonyl (C=O) groups is 1. The maximum absolute atomic E-state index is 11.7.